The van der Waals surface area contributed by atoms with Crippen LogP contribution in [0.3, 0.4) is 0 Å². The van der Waals surface area contributed by atoms with Crippen molar-refractivity contribution < 1.29 is 40.7 Å². The van der Waals surface area contributed by atoms with Crippen LogP contribution in [0.2, 0.25) is 0 Å². The van der Waals surface area contributed by atoms with Gasteiger partial charge in [0.2, 0.25) is 10.0 Å². The molecule has 1 aromatic carbocycles. The van der Waals surface area contributed by atoms with Crippen LogP contribution in [0.15, 0.2) is 23.2 Å². The number of rotatable bonds is 3. The van der Waals surface area contributed by atoms with E-state index in [0.717, 1.165) is 0 Å². The van der Waals surface area contributed by atoms with E-state index in [2.05, 4.69) is 10.0 Å². The minimum absolute atomic E-state index is 0.0339. The highest BCUT2D eigenvalue weighted by atomic mass is 32.2. The predicted octanol–water partition coefficient (Wildman–Crippen LogP) is 2.21. The first kappa shape index (κ1) is 24.9. The minimum atomic E-state index is -4.19. The van der Waals surface area contributed by atoms with E-state index in [1.165, 1.54) is 22.7 Å². The molecule has 2 aliphatic heterocycles. The largest absolute Gasteiger partial charge is 0.490 e. The second-order valence-electron chi connectivity index (χ2n) is 8.22. The van der Waals surface area contributed by atoms with E-state index in [9.17, 15) is 31.2 Å². The first-order chi connectivity index (χ1) is 16.5. The maximum atomic E-state index is 13.5. The summed E-state index contributed by atoms with van der Waals surface area (Å²) >= 11 is 0. The van der Waals surface area contributed by atoms with Gasteiger partial charge in [-0.3, -0.25) is 4.79 Å². The van der Waals surface area contributed by atoms with E-state index in [1.807, 2.05) is 0 Å². The van der Waals surface area contributed by atoms with Gasteiger partial charge in [-0.05, 0) is 19.3 Å². The number of sulfonamides is 1. The number of likely N-dealkylation sites (tertiary alicyclic amines) is 1. The highest BCUT2D eigenvalue weighted by Crippen LogP contribution is 2.34. The lowest BCUT2D eigenvalue weighted by atomic mass is 10.0. The van der Waals surface area contributed by atoms with Crippen molar-refractivity contribution in [2.24, 2.45) is 13.0 Å². The zero-order valence-corrected chi connectivity index (χ0v) is 19.6. The molecule has 0 saturated carbocycles. The van der Waals surface area contributed by atoms with Crippen LogP contribution >= 0.6 is 0 Å². The molecule has 2 unspecified atom stereocenters. The van der Waals surface area contributed by atoms with Crippen LogP contribution in [-0.2, 0) is 21.8 Å². The average molecular weight is 516 g/mol. The lowest BCUT2D eigenvalue weighted by Gasteiger charge is -2.17. The molecule has 2 aromatic rings. The van der Waals surface area contributed by atoms with Crippen molar-refractivity contribution in [1.29, 1.82) is 0 Å². The third-order valence-electron chi connectivity index (χ3n) is 5.86. The monoisotopic (exact) mass is 516 g/mol. The Morgan fingerprint density at radius 3 is 2.57 bits per heavy atom. The molecule has 35 heavy (non-hydrogen) atoms. The second-order valence-corrected chi connectivity index (χ2v) is 9.90. The summed E-state index contributed by atoms with van der Waals surface area (Å²) in [6.07, 6.45) is 1.01. The maximum absolute atomic E-state index is 13.5. The maximum Gasteiger partial charge on any atom is 0.409 e. The van der Waals surface area contributed by atoms with Crippen molar-refractivity contribution >= 4 is 27.7 Å². The Kier molecular flexibility index (Phi) is 6.68. The first-order valence-electron chi connectivity index (χ1n) is 10.7. The lowest BCUT2D eigenvalue weighted by Crippen LogP contribution is -2.40. The molecule has 1 saturated heterocycles. The first-order valence-corrected chi connectivity index (χ1v) is 12.2. The summed E-state index contributed by atoms with van der Waals surface area (Å²) < 4.78 is 81.3. The summed E-state index contributed by atoms with van der Waals surface area (Å²) in [4.78, 5) is 26.1. The van der Waals surface area contributed by atoms with Crippen molar-refractivity contribution in [1.82, 2.24) is 14.2 Å². The fourth-order valence-corrected chi connectivity index (χ4v) is 5.71. The van der Waals surface area contributed by atoms with Crippen LogP contribution < -0.4 is 14.8 Å². The van der Waals surface area contributed by atoms with E-state index >= 15 is 0 Å². The van der Waals surface area contributed by atoms with Crippen LogP contribution in [0.4, 0.5) is 23.7 Å². The third-order valence-corrected chi connectivity index (χ3v) is 7.34. The van der Waals surface area contributed by atoms with Crippen LogP contribution in [0.5, 0.6) is 5.75 Å². The van der Waals surface area contributed by atoms with Gasteiger partial charge in [-0.15, -0.1) is 0 Å². The van der Waals surface area contributed by atoms with E-state index in [1.54, 1.807) is 6.92 Å². The number of aromatic nitrogens is 1. The number of carbonyl (C=O) groups is 2. The number of nitrogens with one attached hydrogen (secondary N) is 2. The highest BCUT2D eigenvalue weighted by molar-refractivity contribution is 7.89. The quantitative estimate of drug-likeness (QED) is 0.604. The molecule has 3 heterocycles. The molecule has 10 nitrogen and oxygen atoms in total. The van der Waals surface area contributed by atoms with Gasteiger partial charge in [0, 0.05) is 50.2 Å². The normalized spacial score (nSPS) is 21.1. The summed E-state index contributed by atoms with van der Waals surface area (Å²) in [7, 11) is -2.79. The zero-order valence-electron chi connectivity index (χ0n) is 18.8. The van der Waals surface area contributed by atoms with Gasteiger partial charge in [0.25, 0.3) is 5.91 Å². The molecular weight excluding hydrogens is 493 g/mol. The smallest absolute Gasteiger partial charge is 0.409 e. The summed E-state index contributed by atoms with van der Waals surface area (Å²) in [5, 5.41) is 2.23. The standard InChI is InChI=1S/C21H23F3N4O6S/c1-3-33-21(30)28-8-11-4-5-34-19-16(35(31,32)26-15(11)9-28)10-27(2)18(19)20(29)25-12-6-13(22)17(24)14(23)7-12/h6-7,10-11,15,26H,3-5,8-9H2,1-2H3,(H,25,29). The summed E-state index contributed by atoms with van der Waals surface area (Å²) in [6.45, 7) is 2.27. The van der Waals surface area contributed by atoms with Gasteiger partial charge in [0.05, 0.1) is 13.2 Å². The number of nitrogens with zero attached hydrogens (tertiary/aromatic N) is 2. The number of benzene rings is 1. The fraction of sp³-hybridized carbons (Fsp3) is 0.429. The van der Waals surface area contributed by atoms with Gasteiger partial charge < -0.3 is 24.3 Å². The molecule has 0 spiro atoms. The van der Waals surface area contributed by atoms with Gasteiger partial charge in [-0.1, -0.05) is 0 Å². The Hall–Kier alpha value is -3.26. The number of carbonyl (C=O) groups excluding carboxylic acids is 2. The summed E-state index contributed by atoms with van der Waals surface area (Å²) in [5.41, 5.74) is -0.574. The van der Waals surface area contributed by atoms with E-state index in [0.29, 0.717) is 18.6 Å². The van der Waals surface area contributed by atoms with Crippen LogP contribution in [0.1, 0.15) is 23.8 Å². The van der Waals surface area contributed by atoms with Crippen molar-refractivity contribution in [2.45, 2.75) is 24.3 Å². The van der Waals surface area contributed by atoms with E-state index < -0.39 is 45.5 Å². The van der Waals surface area contributed by atoms with Crippen LogP contribution in [-0.4, -0.2) is 62.2 Å². The van der Waals surface area contributed by atoms with Crippen LogP contribution in [0.25, 0.3) is 0 Å². The molecule has 14 heteroatoms. The molecule has 1 aromatic heterocycles. The Labute approximate surface area is 199 Å². The number of hydrogen-bond acceptors (Lipinski definition) is 6. The average Bonchev–Trinajstić information content (AvgIpc) is 3.33. The van der Waals surface area contributed by atoms with Crippen molar-refractivity contribution in [3.05, 3.63) is 41.5 Å². The molecule has 0 radical (unpaired) electrons. The van der Waals surface area contributed by atoms with E-state index in [-0.39, 0.29) is 54.2 Å². The third kappa shape index (κ3) is 4.80. The molecule has 2 amide bonds. The topological polar surface area (TPSA) is 119 Å². The van der Waals surface area contributed by atoms with Crippen molar-refractivity contribution in [3.8, 4) is 5.75 Å². The number of halogens is 3. The molecular formula is C21H23F3N4O6S. The summed E-state index contributed by atoms with van der Waals surface area (Å²) in [5.74, 6) is -6.08. The van der Waals surface area contributed by atoms with Gasteiger partial charge in [0.1, 0.15) is 4.90 Å². The molecule has 190 valence electrons. The zero-order chi connectivity index (χ0) is 25.5. The Morgan fingerprint density at radius 1 is 1.23 bits per heavy atom. The Morgan fingerprint density at radius 2 is 1.91 bits per heavy atom. The molecule has 1 fully saturated rings. The molecule has 2 aliphatic rings. The number of amides is 2. The van der Waals surface area contributed by atoms with Gasteiger partial charge >= 0.3 is 6.09 Å². The lowest BCUT2D eigenvalue weighted by molar-refractivity contribution is 0.101. The summed E-state index contributed by atoms with van der Waals surface area (Å²) in [6, 6.07) is 0.606. The molecule has 4 rings (SSSR count). The molecule has 0 bridgehead atoms. The molecule has 0 aliphatic carbocycles. The molecule has 2 N–H and O–H groups in total. The highest BCUT2D eigenvalue weighted by Gasteiger charge is 2.41. The number of hydrogen-bond donors (Lipinski definition) is 2. The predicted molar refractivity (Wildman–Crippen MR) is 116 cm³/mol. The number of anilines is 1. The fourth-order valence-electron chi connectivity index (χ4n) is 4.22. The van der Waals surface area contributed by atoms with Crippen molar-refractivity contribution in [3.63, 3.8) is 0 Å². The van der Waals surface area contributed by atoms with Gasteiger partial charge in [-0.2, -0.15) is 0 Å². The second kappa shape index (κ2) is 9.41. The Balaban J connectivity index is 1.62. The minimum Gasteiger partial charge on any atom is -0.490 e. The van der Waals surface area contributed by atoms with Gasteiger partial charge in [-0.25, -0.2) is 31.1 Å². The number of ether oxygens (including phenoxy) is 2. The van der Waals surface area contributed by atoms with Crippen molar-refractivity contribution in [2.75, 3.05) is 31.6 Å². The van der Waals surface area contributed by atoms with Gasteiger partial charge in [0.15, 0.2) is 28.9 Å². The number of fused-ring (bicyclic) bond motifs is 2. The SMILES string of the molecule is CCOC(=O)N1CC2CCOc3c(cn(C)c3C(=O)Nc3cc(F)c(F)c(F)c3)S(=O)(=O)NC2C1. The van der Waals surface area contributed by atoms with E-state index in [4.69, 9.17) is 9.47 Å². The number of aryl methyl sites for hydroxylation is 1. The molecule has 2 atom stereocenters. The Bertz CT molecular complexity index is 1260. The van der Waals surface area contributed by atoms with Crippen LogP contribution in [0, 0.1) is 23.4 Å².